The van der Waals surface area contributed by atoms with Gasteiger partial charge in [-0.1, -0.05) is 7.43 Å². The quantitative estimate of drug-likeness (QED) is 0.341. The molecule has 0 spiro atoms. The standard InChI is InChI=1S/CH4.2H2O.H3P/h1H4;2*1H2;1H3. The van der Waals surface area contributed by atoms with Crippen molar-refractivity contribution in [2.45, 2.75) is 7.43 Å². The summed E-state index contributed by atoms with van der Waals surface area (Å²) in [6.07, 6.45) is 0. The maximum atomic E-state index is 0. The lowest BCUT2D eigenvalue weighted by molar-refractivity contribution is 0.823. The van der Waals surface area contributed by atoms with Crippen LogP contribution in [-0.2, 0) is 0 Å². The van der Waals surface area contributed by atoms with Crippen LogP contribution in [0, 0.1) is 0 Å². The van der Waals surface area contributed by atoms with Crippen LogP contribution in [0.15, 0.2) is 0 Å². The molecular formula is CH11O2P. The highest BCUT2D eigenvalue weighted by atomic mass is 31.0. The Kier molecular flexibility index (Phi) is 15000. The first-order valence-electron chi connectivity index (χ1n) is 0. The Balaban J connectivity index is 0. The van der Waals surface area contributed by atoms with Crippen LogP contribution in [0.2, 0.25) is 0 Å². The Labute approximate surface area is 29.5 Å². The molecule has 0 radical (unpaired) electrons. The topological polar surface area (TPSA) is 63.0 Å². The second-order valence-electron chi connectivity index (χ2n) is 0. The zero-order chi connectivity index (χ0) is 0. The monoisotopic (exact) mass is 86.0 g/mol. The van der Waals surface area contributed by atoms with E-state index in [-0.39, 0.29) is 28.3 Å². The van der Waals surface area contributed by atoms with Crippen LogP contribution >= 0.6 is 9.90 Å². The van der Waals surface area contributed by atoms with Gasteiger partial charge in [-0.25, -0.2) is 0 Å². The van der Waals surface area contributed by atoms with Gasteiger partial charge in [0.2, 0.25) is 0 Å². The fourth-order valence-corrected chi connectivity index (χ4v) is 0. The highest BCUT2D eigenvalue weighted by Gasteiger charge is -0.0775. The van der Waals surface area contributed by atoms with E-state index in [1.165, 1.54) is 0 Å². The van der Waals surface area contributed by atoms with Gasteiger partial charge in [-0.05, 0) is 0 Å². The zero-order valence-corrected chi connectivity index (χ0v) is 3.12. The molecule has 0 aromatic heterocycles. The molecule has 0 saturated heterocycles. The fraction of sp³-hybridized carbons (Fsp3) is 1.00. The van der Waals surface area contributed by atoms with E-state index >= 15 is 0 Å². The van der Waals surface area contributed by atoms with E-state index in [1.807, 2.05) is 0 Å². The molecule has 0 aliphatic heterocycles. The van der Waals surface area contributed by atoms with Crippen molar-refractivity contribution in [2.75, 3.05) is 0 Å². The number of hydrogen-bond acceptors (Lipinski definition) is 0. The van der Waals surface area contributed by atoms with Gasteiger partial charge in [0.1, 0.15) is 0 Å². The second-order valence-corrected chi connectivity index (χ2v) is 0. The molecule has 4 N–H and O–H groups in total. The average Bonchev–Trinajstić information content (AvgIpc) is 0. The minimum Gasteiger partial charge on any atom is -0.412 e. The molecule has 2 nitrogen and oxygen atoms in total. The molecule has 0 aromatic carbocycles. The van der Waals surface area contributed by atoms with Crippen molar-refractivity contribution in [2.24, 2.45) is 0 Å². The van der Waals surface area contributed by atoms with Crippen molar-refractivity contribution < 1.29 is 11.0 Å². The summed E-state index contributed by atoms with van der Waals surface area (Å²) in [7, 11) is 0. The maximum absolute atomic E-state index is 0. The molecule has 0 rings (SSSR count). The van der Waals surface area contributed by atoms with Crippen LogP contribution in [0.4, 0.5) is 0 Å². The average molecular weight is 86.1 g/mol. The molecule has 1 atom stereocenters. The molecule has 0 heterocycles. The summed E-state index contributed by atoms with van der Waals surface area (Å²) in [5.41, 5.74) is 0. The Morgan fingerprint density at radius 1 is 0.750 bits per heavy atom. The maximum Gasteiger partial charge on any atom is -0.0776 e. The summed E-state index contributed by atoms with van der Waals surface area (Å²) in [6.45, 7) is 0. The van der Waals surface area contributed by atoms with E-state index in [2.05, 4.69) is 0 Å². The van der Waals surface area contributed by atoms with E-state index in [0.29, 0.717) is 0 Å². The van der Waals surface area contributed by atoms with Crippen LogP contribution in [0.5, 0.6) is 0 Å². The minimum atomic E-state index is 0. The van der Waals surface area contributed by atoms with Gasteiger partial charge in [-0.3, -0.25) is 0 Å². The smallest absolute Gasteiger partial charge is 0.0776 e. The molecule has 3 heteroatoms. The molecule has 0 aliphatic carbocycles. The highest BCUT2D eigenvalue weighted by molar-refractivity contribution is 6.92. The van der Waals surface area contributed by atoms with Crippen molar-refractivity contribution in [3.05, 3.63) is 0 Å². The summed E-state index contributed by atoms with van der Waals surface area (Å²) < 4.78 is 0. The lowest BCUT2D eigenvalue weighted by Crippen LogP contribution is -0.290. The van der Waals surface area contributed by atoms with Crippen LogP contribution < -0.4 is 0 Å². The molecule has 4 heavy (non-hydrogen) atoms. The van der Waals surface area contributed by atoms with Crippen molar-refractivity contribution >= 4 is 9.90 Å². The summed E-state index contributed by atoms with van der Waals surface area (Å²) in [5.74, 6) is 0. The van der Waals surface area contributed by atoms with E-state index in [4.69, 9.17) is 0 Å². The second kappa shape index (κ2) is 151. The SMILES string of the molecule is C.O.O.P. The summed E-state index contributed by atoms with van der Waals surface area (Å²) in [5, 5.41) is 0. The predicted molar refractivity (Wildman–Crippen MR) is 25.1 cm³/mol. The van der Waals surface area contributed by atoms with Crippen molar-refractivity contribution in [1.29, 1.82) is 0 Å². The van der Waals surface area contributed by atoms with Crippen LogP contribution in [-0.4, -0.2) is 11.0 Å². The zero-order valence-electron chi connectivity index (χ0n) is 1.71. The number of rotatable bonds is 0. The summed E-state index contributed by atoms with van der Waals surface area (Å²) >= 11 is 0. The van der Waals surface area contributed by atoms with E-state index < -0.39 is 0 Å². The Morgan fingerprint density at radius 3 is 0.750 bits per heavy atom. The molecule has 0 aliphatic rings. The third-order valence-corrected chi connectivity index (χ3v) is 0. The Morgan fingerprint density at radius 2 is 0.750 bits per heavy atom. The first-order chi connectivity index (χ1) is 0. The summed E-state index contributed by atoms with van der Waals surface area (Å²) in [4.78, 5) is 0. The normalized spacial score (nSPS) is 0. The molecule has 32 valence electrons. The largest absolute Gasteiger partial charge is 0.412 e. The molecule has 1 unspecified atom stereocenters. The van der Waals surface area contributed by atoms with Gasteiger partial charge in [-0.15, -0.1) is 0 Å². The third kappa shape index (κ3) is 35.0. The Bertz CT molecular complexity index is 6.00. The number of hydrogen-bond donors (Lipinski definition) is 0. The minimum absolute atomic E-state index is 0. The lowest BCUT2D eigenvalue weighted by Gasteiger charge is -0.413. The first-order valence-corrected chi connectivity index (χ1v) is 0. The molecular weight excluding hydrogens is 75.0 g/mol. The molecule has 0 bridgehead atoms. The van der Waals surface area contributed by atoms with Gasteiger partial charge >= 0.3 is 0 Å². The van der Waals surface area contributed by atoms with Gasteiger partial charge < -0.3 is 11.0 Å². The molecule has 0 aromatic rings. The van der Waals surface area contributed by atoms with Gasteiger partial charge in [-0.2, -0.15) is 9.90 Å². The van der Waals surface area contributed by atoms with Crippen molar-refractivity contribution in [3.8, 4) is 0 Å². The van der Waals surface area contributed by atoms with E-state index in [9.17, 15) is 0 Å². The van der Waals surface area contributed by atoms with Crippen molar-refractivity contribution in [3.63, 3.8) is 0 Å². The lowest BCUT2D eigenvalue weighted by atomic mass is 12.0. The van der Waals surface area contributed by atoms with Crippen LogP contribution in [0.3, 0.4) is 0 Å². The molecule has 0 amide bonds. The molecule has 0 fully saturated rings. The van der Waals surface area contributed by atoms with E-state index in [1.54, 1.807) is 0 Å². The van der Waals surface area contributed by atoms with Gasteiger partial charge in [0, 0.05) is 0 Å². The van der Waals surface area contributed by atoms with Crippen LogP contribution in [0.25, 0.3) is 0 Å². The highest BCUT2D eigenvalue weighted by Crippen LogP contribution is 0.861. The third-order valence-electron chi connectivity index (χ3n) is 0. The van der Waals surface area contributed by atoms with Gasteiger partial charge in [0.15, 0.2) is 0 Å². The van der Waals surface area contributed by atoms with Gasteiger partial charge in [0.05, 0.1) is 0 Å². The Hall–Kier alpha value is 0.350. The fourth-order valence-electron chi connectivity index (χ4n) is 0. The predicted octanol–water partition coefficient (Wildman–Crippen LogP) is -0.955. The molecule has 0 saturated carbocycles. The van der Waals surface area contributed by atoms with Crippen molar-refractivity contribution in [1.82, 2.24) is 0 Å². The van der Waals surface area contributed by atoms with E-state index in [0.717, 1.165) is 0 Å². The summed E-state index contributed by atoms with van der Waals surface area (Å²) in [6, 6.07) is 0. The van der Waals surface area contributed by atoms with Crippen LogP contribution in [0.1, 0.15) is 7.43 Å². The van der Waals surface area contributed by atoms with Gasteiger partial charge in [0.25, 0.3) is 0 Å². The first kappa shape index (κ1) is 399.